The lowest BCUT2D eigenvalue weighted by atomic mass is 9.99. The predicted octanol–water partition coefficient (Wildman–Crippen LogP) is 2.45. The van der Waals surface area contributed by atoms with Crippen molar-refractivity contribution in [1.29, 1.82) is 0 Å². The van der Waals surface area contributed by atoms with Gasteiger partial charge >= 0.3 is 0 Å². The second kappa shape index (κ2) is 9.98. The fourth-order valence-corrected chi connectivity index (χ4v) is 6.36. The summed E-state index contributed by atoms with van der Waals surface area (Å²) in [6.07, 6.45) is 2.81. The Balaban J connectivity index is 1.61. The van der Waals surface area contributed by atoms with E-state index in [1.54, 1.807) is 26.2 Å². The fourth-order valence-electron chi connectivity index (χ4n) is 3.83. The highest BCUT2D eigenvalue weighted by molar-refractivity contribution is 7.91. The number of carbonyl (C=O) groups excluding carboxylic acids is 3. The Hall–Kier alpha value is -3.31. The molecule has 1 saturated carbocycles. The first kappa shape index (κ1) is 25.8. The molecule has 9 nitrogen and oxygen atoms in total. The molecule has 36 heavy (non-hydrogen) atoms. The number of carbonyl (C=O) groups is 3. The molecule has 1 aromatic heterocycles. The number of sulfone groups is 1. The summed E-state index contributed by atoms with van der Waals surface area (Å²) in [6, 6.07) is 11.2. The Kier molecular flexibility index (Phi) is 7.14. The maximum atomic E-state index is 12.8. The summed E-state index contributed by atoms with van der Waals surface area (Å²) in [5.74, 6) is -1.21. The van der Waals surface area contributed by atoms with E-state index in [2.05, 4.69) is 15.6 Å². The molecular formula is C25H28N4O5S2. The van der Waals surface area contributed by atoms with Crippen LogP contribution in [0.1, 0.15) is 39.0 Å². The van der Waals surface area contributed by atoms with E-state index in [1.807, 2.05) is 31.2 Å². The third kappa shape index (κ3) is 5.73. The van der Waals surface area contributed by atoms with Gasteiger partial charge in [-0.25, -0.2) is 13.4 Å². The van der Waals surface area contributed by atoms with Crippen molar-refractivity contribution in [2.45, 2.75) is 31.1 Å². The minimum Gasteiger partial charge on any atom is -0.352 e. The Morgan fingerprint density at radius 3 is 2.39 bits per heavy atom. The molecular weight excluding hydrogens is 500 g/mol. The number of nitrogens with one attached hydrogen (secondary N) is 2. The highest BCUT2D eigenvalue weighted by Crippen LogP contribution is 2.35. The van der Waals surface area contributed by atoms with Crippen molar-refractivity contribution in [2.75, 3.05) is 26.9 Å². The van der Waals surface area contributed by atoms with Crippen LogP contribution in [-0.4, -0.2) is 69.0 Å². The quantitative estimate of drug-likeness (QED) is 0.463. The second-order valence-corrected chi connectivity index (χ2v) is 12.4. The number of thiazole rings is 1. The van der Waals surface area contributed by atoms with E-state index in [0.717, 1.165) is 51.8 Å². The van der Waals surface area contributed by atoms with Gasteiger partial charge in [-0.05, 0) is 60.7 Å². The molecule has 0 saturated heterocycles. The van der Waals surface area contributed by atoms with Crippen LogP contribution in [0.2, 0.25) is 0 Å². The molecule has 2 aromatic carbocycles. The van der Waals surface area contributed by atoms with Gasteiger partial charge in [0.05, 0.1) is 16.8 Å². The van der Waals surface area contributed by atoms with Gasteiger partial charge in [0, 0.05) is 32.0 Å². The van der Waals surface area contributed by atoms with Crippen molar-refractivity contribution in [2.24, 2.45) is 0 Å². The monoisotopic (exact) mass is 528 g/mol. The molecule has 0 radical (unpaired) electrons. The number of benzene rings is 2. The van der Waals surface area contributed by atoms with Crippen LogP contribution in [0.5, 0.6) is 0 Å². The standard InChI is InChI=1S/C25H28N4O5S2/c1-14-11-19-20(12-18(14)15-5-7-16(8-6-15)25(32)29(2)3)35-24(28-19)22(36(4,33)34)23(31)26-13-21(30)27-17-9-10-17/h5-8,11-12,17,22H,9-10,13H2,1-4H3,(H,26,31)(H,27,30). The maximum absolute atomic E-state index is 12.8. The largest absolute Gasteiger partial charge is 0.352 e. The molecule has 1 fully saturated rings. The van der Waals surface area contributed by atoms with Gasteiger partial charge in [0.15, 0.2) is 15.1 Å². The van der Waals surface area contributed by atoms with E-state index in [0.29, 0.717) is 11.1 Å². The van der Waals surface area contributed by atoms with Gasteiger partial charge in [-0.2, -0.15) is 0 Å². The Labute approximate surface area is 213 Å². The van der Waals surface area contributed by atoms with E-state index in [-0.39, 0.29) is 29.4 Å². The molecule has 190 valence electrons. The normalized spacial score (nSPS) is 14.3. The van der Waals surface area contributed by atoms with E-state index in [9.17, 15) is 22.8 Å². The zero-order chi connectivity index (χ0) is 26.2. The molecule has 0 spiro atoms. The minimum absolute atomic E-state index is 0.0871. The molecule has 1 unspecified atom stereocenters. The van der Waals surface area contributed by atoms with Crippen LogP contribution in [0.25, 0.3) is 21.3 Å². The molecule has 1 aliphatic carbocycles. The molecule has 1 atom stereocenters. The number of aryl methyl sites for hydroxylation is 1. The molecule has 2 N–H and O–H groups in total. The van der Waals surface area contributed by atoms with Crippen molar-refractivity contribution >= 4 is 49.1 Å². The van der Waals surface area contributed by atoms with Crippen LogP contribution < -0.4 is 10.6 Å². The number of nitrogens with zero attached hydrogens (tertiary/aromatic N) is 2. The van der Waals surface area contributed by atoms with E-state index >= 15 is 0 Å². The zero-order valence-electron chi connectivity index (χ0n) is 20.5. The van der Waals surface area contributed by atoms with Crippen LogP contribution in [0.4, 0.5) is 0 Å². The number of fused-ring (bicyclic) bond motifs is 1. The first-order valence-corrected chi connectivity index (χ1v) is 14.2. The molecule has 11 heteroatoms. The number of amides is 3. The van der Waals surface area contributed by atoms with Crippen molar-refractivity contribution in [3.05, 3.63) is 52.5 Å². The Morgan fingerprint density at radius 1 is 1.14 bits per heavy atom. The fraction of sp³-hybridized carbons (Fsp3) is 0.360. The first-order valence-electron chi connectivity index (χ1n) is 11.4. The summed E-state index contributed by atoms with van der Waals surface area (Å²) in [5.41, 5.74) is 3.90. The number of hydrogen-bond donors (Lipinski definition) is 2. The lowest BCUT2D eigenvalue weighted by molar-refractivity contribution is -0.126. The Bertz CT molecular complexity index is 1440. The van der Waals surface area contributed by atoms with Crippen molar-refractivity contribution in [3.63, 3.8) is 0 Å². The summed E-state index contributed by atoms with van der Waals surface area (Å²) in [5, 5.41) is 3.83. The summed E-state index contributed by atoms with van der Waals surface area (Å²) < 4.78 is 25.8. The van der Waals surface area contributed by atoms with Gasteiger partial charge in [0.1, 0.15) is 5.01 Å². The lowest BCUT2D eigenvalue weighted by Crippen LogP contribution is -2.41. The third-order valence-corrected chi connectivity index (χ3v) is 8.38. The summed E-state index contributed by atoms with van der Waals surface area (Å²) in [4.78, 5) is 42.9. The molecule has 3 aromatic rings. The number of aromatic nitrogens is 1. The summed E-state index contributed by atoms with van der Waals surface area (Å²) in [7, 11) is -0.453. The molecule has 0 bridgehead atoms. The van der Waals surface area contributed by atoms with Crippen LogP contribution in [0.3, 0.4) is 0 Å². The smallest absolute Gasteiger partial charge is 0.253 e. The van der Waals surface area contributed by atoms with Crippen molar-refractivity contribution in [3.8, 4) is 11.1 Å². The highest BCUT2D eigenvalue weighted by atomic mass is 32.2. The Morgan fingerprint density at radius 2 is 1.81 bits per heavy atom. The molecule has 1 heterocycles. The zero-order valence-corrected chi connectivity index (χ0v) is 22.1. The van der Waals surface area contributed by atoms with Gasteiger partial charge in [-0.15, -0.1) is 11.3 Å². The van der Waals surface area contributed by atoms with Gasteiger partial charge in [-0.3, -0.25) is 14.4 Å². The average Bonchev–Trinajstić information content (AvgIpc) is 3.53. The SMILES string of the molecule is Cc1cc2nc(C(C(=O)NCC(=O)NC3CC3)S(C)(=O)=O)sc2cc1-c1ccc(C(=O)N(C)C)cc1. The second-order valence-electron chi connectivity index (χ2n) is 9.23. The van der Waals surface area contributed by atoms with Crippen molar-refractivity contribution < 1.29 is 22.8 Å². The van der Waals surface area contributed by atoms with Crippen molar-refractivity contribution in [1.82, 2.24) is 20.5 Å². The van der Waals surface area contributed by atoms with Gasteiger partial charge in [0.25, 0.3) is 5.91 Å². The van der Waals surface area contributed by atoms with E-state index in [1.165, 1.54) is 4.90 Å². The van der Waals surface area contributed by atoms with E-state index in [4.69, 9.17) is 0 Å². The van der Waals surface area contributed by atoms with Crippen LogP contribution in [-0.2, 0) is 19.4 Å². The van der Waals surface area contributed by atoms with Gasteiger partial charge < -0.3 is 15.5 Å². The van der Waals surface area contributed by atoms with Crippen LogP contribution >= 0.6 is 11.3 Å². The van der Waals surface area contributed by atoms with E-state index < -0.39 is 21.0 Å². The van der Waals surface area contributed by atoms with Gasteiger partial charge in [-0.1, -0.05) is 12.1 Å². The number of rotatable bonds is 8. The topological polar surface area (TPSA) is 126 Å². The summed E-state index contributed by atoms with van der Waals surface area (Å²) >= 11 is 1.13. The van der Waals surface area contributed by atoms with Crippen LogP contribution in [0, 0.1) is 6.92 Å². The highest BCUT2D eigenvalue weighted by Gasteiger charge is 2.34. The molecule has 4 rings (SSSR count). The lowest BCUT2D eigenvalue weighted by Gasteiger charge is -2.12. The molecule has 1 aliphatic rings. The molecule has 3 amide bonds. The van der Waals surface area contributed by atoms with Crippen LogP contribution in [0.15, 0.2) is 36.4 Å². The van der Waals surface area contributed by atoms with Gasteiger partial charge in [0.2, 0.25) is 11.8 Å². The first-order chi connectivity index (χ1) is 16.9. The number of hydrogen-bond acceptors (Lipinski definition) is 7. The maximum Gasteiger partial charge on any atom is 0.253 e. The predicted molar refractivity (Wildman–Crippen MR) is 140 cm³/mol. The average molecular weight is 529 g/mol. The molecule has 0 aliphatic heterocycles. The summed E-state index contributed by atoms with van der Waals surface area (Å²) in [6.45, 7) is 1.63. The third-order valence-electron chi connectivity index (χ3n) is 5.86. The minimum atomic E-state index is -3.85.